The van der Waals surface area contributed by atoms with Crippen LogP contribution in [0.5, 0.6) is 0 Å². The third kappa shape index (κ3) is 3.46. The fourth-order valence-corrected chi connectivity index (χ4v) is 2.00. The van der Waals surface area contributed by atoms with Gasteiger partial charge in [0.05, 0.1) is 6.04 Å². The lowest BCUT2D eigenvalue weighted by molar-refractivity contribution is -0.135. The summed E-state index contributed by atoms with van der Waals surface area (Å²) in [6.07, 6.45) is 1.18. The van der Waals surface area contributed by atoms with Gasteiger partial charge in [-0.15, -0.1) is 0 Å². The van der Waals surface area contributed by atoms with Crippen molar-refractivity contribution in [2.45, 2.75) is 33.2 Å². The molecule has 16 heavy (non-hydrogen) atoms. The second-order valence-electron chi connectivity index (χ2n) is 4.94. The molecule has 1 fully saturated rings. The summed E-state index contributed by atoms with van der Waals surface area (Å²) < 4.78 is 0. The van der Waals surface area contributed by atoms with Gasteiger partial charge < -0.3 is 10.6 Å². The van der Waals surface area contributed by atoms with Crippen LogP contribution in [0.1, 0.15) is 27.2 Å². The Bertz CT molecular complexity index is 222. The van der Waals surface area contributed by atoms with Crippen LogP contribution in [-0.2, 0) is 4.79 Å². The number of carbonyl (C=O) groups excluding carboxylic acids is 1. The van der Waals surface area contributed by atoms with Crippen molar-refractivity contribution in [1.82, 2.24) is 9.80 Å². The number of carbonyl (C=O) groups is 1. The Morgan fingerprint density at radius 3 is 2.25 bits per heavy atom. The van der Waals surface area contributed by atoms with Crippen LogP contribution in [0.15, 0.2) is 0 Å². The molecule has 0 unspecified atom stereocenters. The van der Waals surface area contributed by atoms with Crippen molar-refractivity contribution in [2.24, 2.45) is 11.7 Å². The van der Waals surface area contributed by atoms with Crippen molar-refractivity contribution in [3.05, 3.63) is 0 Å². The molecule has 0 saturated carbocycles. The molecule has 1 aliphatic heterocycles. The maximum absolute atomic E-state index is 12.0. The fraction of sp³-hybridized carbons (Fsp3) is 0.917. The number of hydrogen-bond donors (Lipinski definition) is 1. The summed E-state index contributed by atoms with van der Waals surface area (Å²) in [5, 5.41) is 0. The minimum absolute atomic E-state index is 0.117. The Kier molecular flexibility index (Phi) is 5.22. The topological polar surface area (TPSA) is 49.6 Å². The molecule has 1 amide bonds. The molecule has 4 heteroatoms. The number of nitrogens with zero attached hydrogens (tertiary/aromatic N) is 2. The summed E-state index contributed by atoms with van der Waals surface area (Å²) >= 11 is 0. The van der Waals surface area contributed by atoms with E-state index in [1.807, 2.05) is 18.7 Å². The minimum Gasteiger partial charge on any atom is -0.339 e. The van der Waals surface area contributed by atoms with Crippen LogP contribution in [-0.4, -0.2) is 54.5 Å². The van der Waals surface area contributed by atoms with Crippen LogP contribution in [0.2, 0.25) is 0 Å². The van der Waals surface area contributed by atoms with Crippen LogP contribution in [0.4, 0.5) is 0 Å². The summed E-state index contributed by atoms with van der Waals surface area (Å²) in [7, 11) is 0. The Morgan fingerprint density at radius 2 is 1.81 bits per heavy atom. The zero-order valence-electron chi connectivity index (χ0n) is 10.8. The normalized spacial score (nSPS) is 20.2. The van der Waals surface area contributed by atoms with Crippen molar-refractivity contribution in [3.8, 4) is 0 Å². The molecule has 1 aliphatic rings. The van der Waals surface area contributed by atoms with E-state index in [1.165, 1.54) is 6.42 Å². The van der Waals surface area contributed by atoms with Gasteiger partial charge in [-0.25, -0.2) is 0 Å². The standard InChI is InChI=1S/C12H25N3O/c1-4-5-14-6-8-15(9-7-14)12(16)11(13)10(2)3/h10-11H,4-9,13H2,1-3H3/t11-/m0/s1. The molecule has 1 atom stereocenters. The van der Waals surface area contributed by atoms with Crippen molar-refractivity contribution in [2.75, 3.05) is 32.7 Å². The number of nitrogens with two attached hydrogens (primary N) is 1. The molecule has 0 aromatic heterocycles. The molecule has 1 rings (SSSR count). The maximum atomic E-state index is 12.0. The Hall–Kier alpha value is -0.610. The monoisotopic (exact) mass is 227 g/mol. The van der Waals surface area contributed by atoms with E-state index in [0.717, 1.165) is 32.7 Å². The highest BCUT2D eigenvalue weighted by atomic mass is 16.2. The highest BCUT2D eigenvalue weighted by Crippen LogP contribution is 2.07. The molecule has 94 valence electrons. The zero-order chi connectivity index (χ0) is 12.1. The number of amides is 1. The van der Waals surface area contributed by atoms with Crippen molar-refractivity contribution in [3.63, 3.8) is 0 Å². The highest BCUT2D eigenvalue weighted by Gasteiger charge is 2.26. The van der Waals surface area contributed by atoms with Gasteiger partial charge in [-0.3, -0.25) is 9.69 Å². The van der Waals surface area contributed by atoms with Gasteiger partial charge in [-0.1, -0.05) is 20.8 Å². The third-order valence-corrected chi connectivity index (χ3v) is 3.23. The van der Waals surface area contributed by atoms with Gasteiger partial charge in [-0.2, -0.15) is 0 Å². The Labute approximate surface area is 98.8 Å². The first-order valence-electron chi connectivity index (χ1n) is 6.33. The predicted molar refractivity (Wildman–Crippen MR) is 66.1 cm³/mol. The molecule has 1 heterocycles. The molecule has 0 aromatic rings. The molecule has 0 radical (unpaired) electrons. The van der Waals surface area contributed by atoms with Gasteiger partial charge in [0.25, 0.3) is 0 Å². The quantitative estimate of drug-likeness (QED) is 0.762. The van der Waals surface area contributed by atoms with E-state index in [9.17, 15) is 4.79 Å². The first kappa shape index (κ1) is 13.5. The van der Waals surface area contributed by atoms with Gasteiger partial charge >= 0.3 is 0 Å². The molecule has 0 spiro atoms. The summed E-state index contributed by atoms with van der Waals surface area (Å²) in [5.41, 5.74) is 5.88. The molecule has 1 saturated heterocycles. The van der Waals surface area contributed by atoms with E-state index in [4.69, 9.17) is 5.73 Å². The van der Waals surface area contributed by atoms with Crippen molar-refractivity contribution >= 4 is 5.91 Å². The van der Waals surface area contributed by atoms with Gasteiger partial charge in [0, 0.05) is 26.2 Å². The van der Waals surface area contributed by atoms with Gasteiger partial charge in [0.15, 0.2) is 0 Å². The lowest BCUT2D eigenvalue weighted by Gasteiger charge is -2.36. The zero-order valence-corrected chi connectivity index (χ0v) is 10.8. The number of rotatable bonds is 4. The van der Waals surface area contributed by atoms with Crippen LogP contribution in [0, 0.1) is 5.92 Å². The van der Waals surface area contributed by atoms with E-state index in [-0.39, 0.29) is 17.9 Å². The largest absolute Gasteiger partial charge is 0.339 e. The van der Waals surface area contributed by atoms with E-state index in [2.05, 4.69) is 11.8 Å². The fourth-order valence-electron chi connectivity index (χ4n) is 2.00. The lowest BCUT2D eigenvalue weighted by Crippen LogP contribution is -2.54. The van der Waals surface area contributed by atoms with Gasteiger partial charge in [0.2, 0.25) is 5.91 Å². The third-order valence-electron chi connectivity index (χ3n) is 3.23. The molecular formula is C12H25N3O. The maximum Gasteiger partial charge on any atom is 0.239 e. The summed E-state index contributed by atoms with van der Waals surface area (Å²) in [5.74, 6) is 0.340. The van der Waals surface area contributed by atoms with Crippen LogP contribution < -0.4 is 5.73 Å². The van der Waals surface area contributed by atoms with Crippen LogP contribution >= 0.6 is 0 Å². The Morgan fingerprint density at radius 1 is 1.25 bits per heavy atom. The summed E-state index contributed by atoms with van der Waals surface area (Å²) in [6, 6.07) is -0.335. The van der Waals surface area contributed by atoms with E-state index in [1.54, 1.807) is 0 Å². The average Bonchev–Trinajstić information content (AvgIpc) is 2.28. The molecule has 0 bridgehead atoms. The number of hydrogen-bond acceptors (Lipinski definition) is 3. The predicted octanol–water partition coefficient (Wildman–Crippen LogP) is 0.524. The van der Waals surface area contributed by atoms with Crippen LogP contribution in [0.25, 0.3) is 0 Å². The molecule has 2 N–H and O–H groups in total. The Balaban J connectivity index is 2.38. The molecule has 0 aromatic carbocycles. The van der Waals surface area contributed by atoms with Crippen molar-refractivity contribution < 1.29 is 4.79 Å². The summed E-state index contributed by atoms with van der Waals surface area (Å²) in [4.78, 5) is 16.3. The van der Waals surface area contributed by atoms with Crippen LogP contribution in [0.3, 0.4) is 0 Å². The number of piperazine rings is 1. The molecule has 0 aliphatic carbocycles. The van der Waals surface area contributed by atoms with E-state index < -0.39 is 0 Å². The molecular weight excluding hydrogens is 202 g/mol. The van der Waals surface area contributed by atoms with Gasteiger partial charge in [-0.05, 0) is 18.9 Å². The summed E-state index contributed by atoms with van der Waals surface area (Å²) in [6.45, 7) is 11.0. The first-order valence-corrected chi connectivity index (χ1v) is 6.33. The smallest absolute Gasteiger partial charge is 0.239 e. The average molecular weight is 227 g/mol. The first-order chi connectivity index (χ1) is 7.56. The van der Waals surface area contributed by atoms with E-state index in [0.29, 0.717) is 0 Å². The second kappa shape index (κ2) is 6.21. The van der Waals surface area contributed by atoms with E-state index >= 15 is 0 Å². The SMILES string of the molecule is CCCN1CCN(C(=O)[C@@H](N)C(C)C)CC1. The molecule has 4 nitrogen and oxygen atoms in total. The minimum atomic E-state index is -0.335. The van der Waals surface area contributed by atoms with Gasteiger partial charge in [0.1, 0.15) is 0 Å². The highest BCUT2D eigenvalue weighted by molar-refractivity contribution is 5.82. The lowest BCUT2D eigenvalue weighted by atomic mass is 10.0. The van der Waals surface area contributed by atoms with Crippen molar-refractivity contribution in [1.29, 1.82) is 0 Å². The second-order valence-corrected chi connectivity index (χ2v) is 4.94.